The van der Waals surface area contributed by atoms with Crippen LogP contribution in [-0.4, -0.2) is 9.55 Å². The first kappa shape index (κ1) is 19.5. The van der Waals surface area contributed by atoms with Crippen LogP contribution in [0.4, 0.5) is 0 Å². The van der Waals surface area contributed by atoms with Gasteiger partial charge in [0.05, 0.1) is 17.4 Å². The summed E-state index contributed by atoms with van der Waals surface area (Å²) in [5.74, 6) is 0.725. The molecule has 27 heavy (non-hydrogen) atoms. The molecule has 3 heteroatoms. The van der Waals surface area contributed by atoms with Crippen molar-refractivity contribution in [2.75, 3.05) is 0 Å². The highest BCUT2D eigenvalue weighted by Gasteiger charge is 2.20. The van der Waals surface area contributed by atoms with E-state index in [1.54, 1.807) is 0 Å². The second-order valence-corrected chi connectivity index (χ2v) is 7.72. The van der Waals surface area contributed by atoms with Gasteiger partial charge in [-0.25, -0.2) is 0 Å². The second kappa shape index (κ2) is 9.07. The Balaban J connectivity index is 1.76. The Morgan fingerprint density at radius 1 is 1.33 bits per heavy atom. The topological polar surface area (TPSA) is 29.9 Å². The van der Waals surface area contributed by atoms with Crippen LogP contribution in [0.1, 0.15) is 86.8 Å². The molecule has 0 aliphatic heterocycles. The fourth-order valence-electron chi connectivity index (χ4n) is 4.09. The third-order valence-electron chi connectivity index (χ3n) is 5.67. The molecule has 0 saturated heterocycles. The summed E-state index contributed by atoms with van der Waals surface area (Å²) in [5.41, 5.74) is 5.97. The molecule has 0 amide bonds. The molecule has 1 fully saturated rings. The van der Waals surface area contributed by atoms with Crippen LogP contribution in [0, 0.1) is 0 Å². The van der Waals surface area contributed by atoms with E-state index >= 15 is 0 Å². The molecule has 0 radical (unpaired) electrons. The quantitative estimate of drug-likeness (QED) is 0.633. The normalized spacial score (nSPS) is 16.9. The number of hydrogen-bond donors (Lipinski definition) is 1. The molecule has 1 unspecified atom stereocenters. The Bertz CT molecular complexity index is 776. The minimum atomic E-state index is 0.243. The summed E-state index contributed by atoms with van der Waals surface area (Å²) in [5, 5.41) is 3.69. The smallest absolute Gasteiger partial charge is 0.0858 e. The van der Waals surface area contributed by atoms with Crippen molar-refractivity contribution in [1.29, 1.82) is 0 Å². The van der Waals surface area contributed by atoms with Crippen LogP contribution in [0.15, 0.2) is 43.2 Å². The third kappa shape index (κ3) is 4.71. The van der Waals surface area contributed by atoms with Gasteiger partial charge < -0.3 is 9.88 Å². The van der Waals surface area contributed by atoms with Gasteiger partial charge in [-0.1, -0.05) is 51.0 Å². The lowest BCUT2D eigenvalue weighted by atomic mass is 9.86. The summed E-state index contributed by atoms with van der Waals surface area (Å²) in [6.45, 7) is 8.20. The van der Waals surface area contributed by atoms with Crippen LogP contribution in [0.3, 0.4) is 0 Å². The fraction of sp³-hybridized carbons (Fsp3) is 0.458. The van der Waals surface area contributed by atoms with Crippen molar-refractivity contribution in [1.82, 2.24) is 14.9 Å². The summed E-state index contributed by atoms with van der Waals surface area (Å²) < 4.78 is 2.34. The van der Waals surface area contributed by atoms with Gasteiger partial charge in [-0.2, -0.15) is 0 Å². The Morgan fingerprint density at radius 2 is 2.11 bits per heavy atom. The molecule has 2 aromatic heterocycles. The van der Waals surface area contributed by atoms with Gasteiger partial charge in [0.1, 0.15) is 0 Å². The highest BCUT2D eigenvalue weighted by atomic mass is 15.0. The molecule has 0 bridgehead atoms. The summed E-state index contributed by atoms with van der Waals surface area (Å²) in [6, 6.07) is 6.78. The number of allylic oxidation sites excluding steroid dienone is 1. The van der Waals surface area contributed by atoms with Gasteiger partial charge >= 0.3 is 0 Å². The van der Waals surface area contributed by atoms with Crippen LogP contribution >= 0.6 is 0 Å². The molecule has 0 aromatic carbocycles. The van der Waals surface area contributed by atoms with Crippen molar-refractivity contribution in [3.8, 4) is 0 Å². The Labute approximate surface area is 164 Å². The highest BCUT2D eigenvalue weighted by molar-refractivity contribution is 5.62. The van der Waals surface area contributed by atoms with Crippen LogP contribution < -0.4 is 5.32 Å². The van der Waals surface area contributed by atoms with E-state index in [4.69, 9.17) is 0 Å². The molecule has 1 N–H and O–H groups in total. The zero-order valence-electron chi connectivity index (χ0n) is 17.0. The summed E-state index contributed by atoms with van der Waals surface area (Å²) in [7, 11) is 2.19. The minimum absolute atomic E-state index is 0.243. The lowest BCUT2D eigenvalue weighted by Gasteiger charge is -2.22. The Hall–Kier alpha value is -2.29. The Kier molecular flexibility index (Phi) is 6.54. The van der Waals surface area contributed by atoms with E-state index in [0.29, 0.717) is 0 Å². The lowest BCUT2D eigenvalue weighted by Crippen LogP contribution is -2.17. The third-order valence-corrected chi connectivity index (χ3v) is 5.67. The number of rotatable bonds is 7. The number of nitrogens with zero attached hydrogens (tertiary/aromatic N) is 2. The van der Waals surface area contributed by atoms with Gasteiger partial charge in [0, 0.05) is 25.1 Å². The maximum atomic E-state index is 4.60. The van der Waals surface area contributed by atoms with E-state index in [2.05, 4.69) is 72.8 Å². The van der Waals surface area contributed by atoms with E-state index in [1.807, 2.05) is 12.3 Å². The number of pyridine rings is 1. The van der Waals surface area contributed by atoms with Gasteiger partial charge in [-0.05, 0) is 55.4 Å². The van der Waals surface area contributed by atoms with Gasteiger partial charge in [0.15, 0.2) is 0 Å². The van der Waals surface area contributed by atoms with Crippen LogP contribution in [-0.2, 0) is 7.05 Å². The van der Waals surface area contributed by atoms with Crippen molar-refractivity contribution in [3.05, 3.63) is 65.8 Å². The van der Waals surface area contributed by atoms with E-state index in [0.717, 1.165) is 29.3 Å². The van der Waals surface area contributed by atoms with Gasteiger partial charge in [0.2, 0.25) is 0 Å². The number of nitrogens with one attached hydrogen (secondary N) is 1. The predicted octanol–water partition coefficient (Wildman–Crippen LogP) is 6.21. The van der Waals surface area contributed by atoms with Crippen molar-refractivity contribution in [2.24, 2.45) is 7.05 Å². The van der Waals surface area contributed by atoms with E-state index in [-0.39, 0.29) is 6.04 Å². The van der Waals surface area contributed by atoms with Gasteiger partial charge in [0.25, 0.3) is 0 Å². The average molecular weight is 364 g/mol. The fourth-order valence-corrected chi connectivity index (χ4v) is 4.09. The molecular formula is C24H33N3. The maximum absolute atomic E-state index is 4.60. The van der Waals surface area contributed by atoms with Crippen molar-refractivity contribution in [2.45, 2.75) is 64.3 Å². The molecule has 2 heterocycles. The number of hydrogen-bond acceptors (Lipinski definition) is 2. The Morgan fingerprint density at radius 3 is 2.74 bits per heavy atom. The molecule has 0 spiro atoms. The van der Waals surface area contributed by atoms with Crippen LogP contribution in [0.25, 0.3) is 11.8 Å². The molecule has 144 valence electrons. The van der Waals surface area contributed by atoms with E-state index in [1.165, 1.54) is 43.4 Å². The minimum Gasteiger partial charge on any atom is -0.377 e. The first-order chi connectivity index (χ1) is 13.1. The van der Waals surface area contributed by atoms with E-state index < -0.39 is 0 Å². The summed E-state index contributed by atoms with van der Waals surface area (Å²) in [4.78, 5) is 4.60. The van der Waals surface area contributed by atoms with Gasteiger partial charge in [-0.3, -0.25) is 4.98 Å². The SMILES string of the molecule is C=Cc1ccc(/C(=C\CC)NC(C)c2cc(C3CCCCC3)n(C)c2)nc1. The first-order valence-corrected chi connectivity index (χ1v) is 10.3. The molecular weight excluding hydrogens is 330 g/mol. The van der Waals surface area contributed by atoms with Crippen molar-refractivity contribution in [3.63, 3.8) is 0 Å². The van der Waals surface area contributed by atoms with Crippen LogP contribution in [0.5, 0.6) is 0 Å². The zero-order chi connectivity index (χ0) is 19.2. The monoisotopic (exact) mass is 363 g/mol. The van der Waals surface area contributed by atoms with Crippen molar-refractivity contribution < 1.29 is 0 Å². The highest BCUT2D eigenvalue weighted by Crippen LogP contribution is 2.34. The average Bonchev–Trinajstić information content (AvgIpc) is 3.10. The lowest BCUT2D eigenvalue weighted by molar-refractivity contribution is 0.429. The molecule has 3 rings (SSSR count). The van der Waals surface area contributed by atoms with Crippen molar-refractivity contribution >= 4 is 11.8 Å². The summed E-state index contributed by atoms with van der Waals surface area (Å²) in [6.07, 6.45) is 16.0. The number of aryl methyl sites for hydroxylation is 1. The number of aromatic nitrogens is 2. The predicted molar refractivity (Wildman–Crippen MR) is 115 cm³/mol. The zero-order valence-corrected chi connectivity index (χ0v) is 17.0. The second-order valence-electron chi connectivity index (χ2n) is 7.72. The molecule has 1 aliphatic rings. The first-order valence-electron chi connectivity index (χ1n) is 10.3. The van der Waals surface area contributed by atoms with Crippen LogP contribution in [0.2, 0.25) is 0 Å². The standard InChI is InChI=1S/C24H33N3/c1-5-10-23(22-14-13-19(6-2)16-25-22)26-18(3)21-15-24(27(4)17-21)20-11-8-7-9-12-20/h6,10,13-18,20,26H,2,5,7-9,11-12H2,1,3-4H3/b23-10+. The molecule has 2 aromatic rings. The van der Waals surface area contributed by atoms with E-state index in [9.17, 15) is 0 Å². The molecule has 1 saturated carbocycles. The largest absolute Gasteiger partial charge is 0.377 e. The maximum Gasteiger partial charge on any atom is 0.0858 e. The molecule has 3 nitrogen and oxygen atoms in total. The van der Waals surface area contributed by atoms with Gasteiger partial charge in [-0.15, -0.1) is 0 Å². The molecule has 1 atom stereocenters. The molecule has 1 aliphatic carbocycles. The summed E-state index contributed by atoms with van der Waals surface area (Å²) >= 11 is 0.